The highest BCUT2D eigenvalue weighted by molar-refractivity contribution is 5.76. The first kappa shape index (κ1) is 21.6. The Bertz CT molecular complexity index is 1170. The summed E-state index contributed by atoms with van der Waals surface area (Å²) in [6.07, 6.45) is 3.74. The highest BCUT2D eigenvalue weighted by atomic mass is 16.1. The summed E-state index contributed by atoms with van der Waals surface area (Å²) < 4.78 is 2.16. The van der Waals surface area contributed by atoms with Gasteiger partial charge in [-0.25, -0.2) is 9.97 Å². The van der Waals surface area contributed by atoms with Crippen LogP contribution in [0, 0.1) is 0 Å². The molecule has 2 aromatic carbocycles. The molecule has 0 spiro atoms. The normalized spacial score (nSPS) is 10.9. The maximum absolute atomic E-state index is 12.4. The van der Waals surface area contributed by atoms with Gasteiger partial charge < -0.3 is 14.8 Å². The smallest absolute Gasteiger partial charge is 0.220 e. The molecule has 0 atom stereocenters. The molecule has 2 heterocycles. The zero-order valence-corrected chi connectivity index (χ0v) is 18.7. The Morgan fingerprint density at radius 2 is 1.75 bits per heavy atom. The maximum Gasteiger partial charge on any atom is 0.220 e. The number of nitrogens with one attached hydrogen (secondary N) is 1. The second-order valence-electron chi connectivity index (χ2n) is 8.14. The molecule has 2 aromatic heterocycles. The van der Waals surface area contributed by atoms with Crippen LogP contribution in [0.5, 0.6) is 0 Å². The number of aryl methyl sites for hydroxylation is 1. The van der Waals surface area contributed by atoms with Crippen molar-refractivity contribution >= 4 is 22.8 Å². The molecule has 0 aliphatic carbocycles. The van der Waals surface area contributed by atoms with Crippen molar-refractivity contribution in [3.05, 3.63) is 89.9 Å². The number of rotatable bonds is 9. The lowest BCUT2D eigenvalue weighted by Gasteiger charge is -2.13. The summed E-state index contributed by atoms with van der Waals surface area (Å²) >= 11 is 0. The number of anilines is 1. The fourth-order valence-electron chi connectivity index (χ4n) is 3.74. The van der Waals surface area contributed by atoms with Crippen molar-refractivity contribution in [1.82, 2.24) is 19.9 Å². The van der Waals surface area contributed by atoms with Gasteiger partial charge in [0.1, 0.15) is 11.3 Å². The Balaban J connectivity index is 1.34. The third-order valence-electron chi connectivity index (χ3n) is 5.51. The summed E-state index contributed by atoms with van der Waals surface area (Å²) in [7, 11) is 4.03. The first-order valence-electron chi connectivity index (χ1n) is 11.0. The third-order valence-corrected chi connectivity index (χ3v) is 5.51. The predicted molar refractivity (Wildman–Crippen MR) is 129 cm³/mol. The van der Waals surface area contributed by atoms with Gasteiger partial charge in [-0.2, -0.15) is 0 Å². The minimum atomic E-state index is 0.0607. The van der Waals surface area contributed by atoms with Crippen LogP contribution >= 0.6 is 0 Å². The van der Waals surface area contributed by atoms with Crippen LogP contribution in [0.15, 0.2) is 72.9 Å². The Kier molecular flexibility index (Phi) is 6.80. The molecule has 1 N–H and O–H groups in total. The minimum absolute atomic E-state index is 0.0607. The number of imidazole rings is 1. The monoisotopic (exact) mass is 427 g/mol. The number of hydrogen-bond acceptors (Lipinski definition) is 4. The van der Waals surface area contributed by atoms with Gasteiger partial charge in [0.2, 0.25) is 5.91 Å². The molecule has 0 fully saturated rings. The molecular weight excluding hydrogens is 398 g/mol. The Morgan fingerprint density at radius 3 is 2.50 bits per heavy atom. The average molecular weight is 428 g/mol. The molecular formula is C26H29N5O. The van der Waals surface area contributed by atoms with Gasteiger partial charge in [0.15, 0.2) is 5.65 Å². The van der Waals surface area contributed by atoms with Crippen molar-refractivity contribution < 1.29 is 4.79 Å². The average Bonchev–Trinajstić information content (AvgIpc) is 3.16. The number of amides is 1. The summed E-state index contributed by atoms with van der Waals surface area (Å²) in [5, 5.41) is 3.02. The van der Waals surface area contributed by atoms with Gasteiger partial charge in [-0.3, -0.25) is 4.79 Å². The highest BCUT2D eigenvalue weighted by Crippen LogP contribution is 2.18. The summed E-state index contributed by atoms with van der Waals surface area (Å²) in [4.78, 5) is 23.8. The molecule has 0 aliphatic rings. The Hall–Kier alpha value is -3.67. The summed E-state index contributed by atoms with van der Waals surface area (Å²) in [5.74, 6) is 1.03. The van der Waals surface area contributed by atoms with Crippen molar-refractivity contribution in [3.63, 3.8) is 0 Å². The predicted octanol–water partition coefficient (Wildman–Crippen LogP) is 4.18. The van der Waals surface area contributed by atoms with E-state index in [4.69, 9.17) is 4.98 Å². The molecule has 0 radical (unpaired) electrons. The van der Waals surface area contributed by atoms with Crippen LogP contribution in [0.2, 0.25) is 0 Å². The van der Waals surface area contributed by atoms with Gasteiger partial charge >= 0.3 is 0 Å². The number of benzene rings is 2. The van der Waals surface area contributed by atoms with Gasteiger partial charge in [0, 0.05) is 45.4 Å². The van der Waals surface area contributed by atoms with Crippen LogP contribution in [0.4, 0.5) is 5.69 Å². The van der Waals surface area contributed by atoms with Gasteiger partial charge in [0.05, 0.1) is 6.54 Å². The summed E-state index contributed by atoms with van der Waals surface area (Å²) in [6, 6.07) is 22.4. The summed E-state index contributed by atoms with van der Waals surface area (Å²) in [6.45, 7) is 1.27. The topological polar surface area (TPSA) is 63.1 Å². The van der Waals surface area contributed by atoms with Crippen molar-refractivity contribution in [2.24, 2.45) is 0 Å². The molecule has 0 unspecified atom stereocenters. The molecule has 0 saturated carbocycles. The molecule has 0 saturated heterocycles. The first-order chi connectivity index (χ1) is 15.6. The van der Waals surface area contributed by atoms with E-state index >= 15 is 0 Å². The van der Waals surface area contributed by atoms with Gasteiger partial charge in [0.25, 0.3) is 0 Å². The van der Waals surface area contributed by atoms with E-state index in [0.29, 0.717) is 13.0 Å². The molecule has 6 heteroatoms. The molecule has 0 aliphatic heterocycles. The van der Waals surface area contributed by atoms with Gasteiger partial charge in [-0.1, -0.05) is 42.5 Å². The van der Waals surface area contributed by atoms with Crippen molar-refractivity contribution in [2.45, 2.75) is 32.4 Å². The van der Waals surface area contributed by atoms with Crippen LogP contribution in [-0.4, -0.2) is 34.5 Å². The van der Waals surface area contributed by atoms with E-state index in [9.17, 15) is 4.79 Å². The SMILES string of the molecule is CN(C)c1ccc(CNC(=O)CCCc2nc3cccnc3n2Cc2ccccc2)cc1. The van der Waals surface area contributed by atoms with Crippen LogP contribution in [-0.2, 0) is 24.3 Å². The van der Waals surface area contributed by atoms with Crippen LogP contribution in [0.1, 0.15) is 29.8 Å². The standard InChI is InChI=1S/C26H29N5O/c1-30(2)22-15-13-20(14-16-22)18-28-25(32)12-6-11-24-29-23-10-7-17-27-26(23)31(24)19-21-8-4-3-5-9-21/h3-5,7-10,13-17H,6,11-12,18-19H2,1-2H3,(H,28,32). The minimum Gasteiger partial charge on any atom is -0.378 e. The molecule has 32 heavy (non-hydrogen) atoms. The number of fused-ring (bicyclic) bond motifs is 1. The molecule has 4 rings (SSSR count). The number of carbonyl (C=O) groups is 1. The van der Waals surface area contributed by atoms with Gasteiger partial charge in [-0.15, -0.1) is 0 Å². The lowest BCUT2D eigenvalue weighted by atomic mass is 10.2. The van der Waals surface area contributed by atoms with E-state index in [-0.39, 0.29) is 5.91 Å². The molecule has 0 bridgehead atoms. The number of carbonyl (C=O) groups excluding carboxylic acids is 1. The lowest BCUT2D eigenvalue weighted by Crippen LogP contribution is -2.22. The Morgan fingerprint density at radius 1 is 0.969 bits per heavy atom. The maximum atomic E-state index is 12.4. The second kappa shape index (κ2) is 10.1. The second-order valence-corrected chi connectivity index (χ2v) is 8.14. The van der Waals surface area contributed by atoms with Crippen LogP contribution < -0.4 is 10.2 Å². The number of hydrogen-bond donors (Lipinski definition) is 1. The number of pyridine rings is 1. The Labute approximate surface area is 188 Å². The zero-order valence-electron chi connectivity index (χ0n) is 18.7. The van der Waals surface area contributed by atoms with E-state index < -0.39 is 0 Å². The van der Waals surface area contributed by atoms with E-state index in [1.165, 1.54) is 5.56 Å². The first-order valence-corrected chi connectivity index (χ1v) is 11.0. The zero-order chi connectivity index (χ0) is 22.3. The van der Waals surface area contributed by atoms with Crippen LogP contribution in [0.25, 0.3) is 11.2 Å². The van der Waals surface area contributed by atoms with Crippen LogP contribution in [0.3, 0.4) is 0 Å². The fourth-order valence-corrected chi connectivity index (χ4v) is 3.74. The molecule has 6 nitrogen and oxygen atoms in total. The number of aromatic nitrogens is 3. The quantitative estimate of drug-likeness (QED) is 0.435. The van der Waals surface area contributed by atoms with Crippen molar-refractivity contribution in [3.8, 4) is 0 Å². The third kappa shape index (κ3) is 5.32. The van der Waals surface area contributed by atoms with E-state index in [1.54, 1.807) is 6.20 Å². The van der Waals surface area contributed by atoms with E-state index in [2.05, 4.69) is 56.2 Å². The lowest BCUT2D eigenvalue weighted by molar-refractivity contribution is -0.121. The largest absolute Gasteiger partial charge is 0.378 e. The molecule has 164 valence electrons. The number of nitrogens with zero attached hydrogens (tertiary/aromatic N) is 4. The van der Waals surface area contributed by atoms with E-state index in [0.717, 1.165) is 47.6 Å². The van der Waals surface area contributed by atoms with Gasteiger partial charge in [-0.05, 0) is 41.8 Å². The van der Waals surface area contributed by atoms with Crippen molar-refractivity contribution in [2.75, 3.05) is 19.0 Å². The van der Waals surface area contributed by atoms with E-state index in [1.807, 2.05) is 44.4 Å². The highest BCUT2D eigenvalue weighted by Gasteiger charge is 2.13. The fraction of sp³-hybridized carbons (Fsp3) is 0.269. The molecule has 4 aromatic rings. The molecule has 1 amide bonds. The van der Waals surface area contributed by atoms with Crippen molar-refractivity contribution in [1.29, 1.82) is 0 Å². The summed E-state index contributed by atoms with van der Waals surface area (Å²) in [5.41, 5.74) is 5.23.